The molecule has 0 spiro atoms. The van der Waals surface area contributed by atoms with Crippen LogP contribution in [0, 0.1) is 13.8 Å². The van der Waals surface area contributed by atoms with Gasteiger partial charge in [-0.15, -0.1) is 5.10 Å². The molecule has 1 amide bonds. The summed E-state index contributed by atoms with van der Waals surface area (Å²) in [5.74, 6) is 0.563. The molecule has 2 aromatic heterocycles. The Morgan fingerprint density at radius 1 is 1.10 bits per heavy atom. The van der Waals surface area contributed by atoms with Crippen molar-refractivity contribution in [2.75, 3.05) is 5.32 Å². The standard InChI is InChI=1S/C22H21N7O/c1-14-4-3-5-19(12-14)28-15(2)20(13-23-28)22(30)24-17-8-6-16(7-9-17)21-25-26-27-29(21)18-10-11-18/h3-9,12-13,18H,10-11H2,1-2H3,(H,24,30). The molecule has 1 aliphatic carbocycles. The van der Waals surface area contributed by atoms with Crippen molar-refractivity contribution in [1.29, 1.82) is 0 Å². The van der Waals surface area contributed by atoms with Crippen LogP contribution < -0.4 is 5.32 Å². The van der Waals surface area contributed by atoms with Crippen molar-refractivity contribution in [2.24, 2.45) is 0 Å². The number of carbonyl (C=O) groups excluding carboxylic acids is 1. The first-order valence-corrected chi connectivity index (χ1v) is 9.91. The second-order valence-electron chi connectivity index (χ2n) is 7.60. The summed E-state index contributed by atoms with van der Waals surface area (Å²) < 4.78 is 3.65. The number of hydrogen-bond acceptors (Lipinski definition) is 5. The number of carbonyl (C=O) groups is 1. The van der Waals surface area contributed by atoms with Crippen LogP contribution in [0.25, 0.3) is 17.1 Å². The van der Waals surface area contributed by atoms with Gasteiger partial charge in [0.2, 0.25) is 0 Å². The minimum absolute atomic E-state index is 0.193. The first-order valence-electron chi connectivity index (χ1n) is 9.91. The second-order valence-corrected chi connectivity index (χ2v) is 7.60. The fourth-order valence-corrected chi connectivity index (χ4v) is 3.50. The van der Waals surface area contributed by atoms with Gasteiger partial charge in [0.05, 0.1) is 29.2 Å². The lowest BCUT2D eigenvalue weighted by Gasteiger charge is -2.08. The predicted molar refractivity (Wildman–Crippen MR) is 113 cm³/mol. The van der Waals surface area contributed by atoms with Crippen LogP contribution >= 0.6 is 0 Å². The van der Waals surface area contributed by atoms with Gasteiger partial charge in [0, 0.05) is 11.3 Å². The number of aromatic nitrogens is 6. The van der Waals surface area contributed by atoms with Crippen molar-refractivity contribution in [1.82, 2.24) is 30.0 Å². The van der Waals surface area contributed by atoms with E-state index in [4.69, 9.17) is 0 Å². The highest BCUT2D eigenvalue weighted by Crippen LogP contribution is 2.36. The summed E-state index contributed by atoms with van der Waals surface area (Å²) in [6.07, 6.45) is 3.83. The van der Waals surface area contributed by atoms with E-state index in [9.17, 15) is 4.79 Å². The van der Waals surface area contributed by atoms with E-state index in [1.807, 2.05) is 67.1 Å². The number of amides is 1. The Morgan fingerprint density at radius 3 is 2.63 bits per heavy atom. The van der Waals surface area contributed by atoms with Gasteiger partial charge in [-0.3, -0.25) is 4.79 Å². The van der Waals surface area contributed by atoms with E-state index < -0.39 is 0 Å². The van der Waals surface area contributed by atoms with Gasteiger partial charge in [0.15, 0.2) is 5.82 Å². The summed E-state index contributed by atoms with van der Waals surface area (Å²) in [7, 11) is 0. The molecule has 150 valence electrons. The van der Waals surface area contributed by atoms with Gasteiger partial charge < -0.3 is 5.32 Å². The average Bonchev–Trinajstić information content (AvgIpc) is 3.34. The van der Waals surface area contributed by atoms with Crippen molar-refractivity contribution in [3.63, 3.8) is 0 Å². The molecular weight excluding hydrogens is 378 g/mol. The largest absolute Gasteiger partial charge is 0.322 e. The number of aryl methyl sites for hydroxylation is 1. The molecule has 5 rings (SSSR count). The minimum atomic E-state index is -0.193. The van der Waals surface area contributed by atoms with E-state index in [2.05, 4.69) is 25.9 Å². The zero-order chi connectivity index (χ0) is 20.7. The van der Waals surface area contributed by atoms with Gasteiger partial charge in [0.1, 0.15) is 0 Å². The lowest BCUT2D eigenvalue weighted by atomic mass is 10.1. The molecule has 0 radical (unpaired) electrons. The van der Waals surface area contributed by atoms with Crippen molar-refractivity contribution in [3.05, 3.63) is 71.5 Å². The molecule has 2 heterocycles. The Bertz CT molecular complexity index is 1220. The molecule has 1 saturated carbocycles. The molecule has 0 saturated heterocycles. The second kappa shape index (κ2) is 7.22. The summed E-state index contributed by atoms with van der Waals surface area (Å²) in [6, 6.07) is 16.0. The molecular formula is C22H21N7O. The van der Waals surface area contributed by atoms with Gasteiger partial charge in [-0.1, -0.05) is 12.1 Å². The van der Waals surface area contributed by atoms with Crippen LogP contribution in [0.1, 0.15) is 40.5 Å². The lowest BCUT2D eigenvalue weighted by molar-refractivity contribution is 0.102. The highest BCUT2D eigenvalue weighted by atomic mass is 16.1. The zero-order valence-corrected chi connectivity index (χ0v) is 16.8. The summed E-state index contributed by atoms with van der Waals surface area (Å²) in [6.45, 7) is 3.92. The van der Waals surface area contributed by atoms with Crippen LogP contribution in [0.4, 0.5) is 5.69 Å². The quantitative estimate of drug-likeness (QED) is 0.552. The van der Waals surface area contributed by atoms with E-state index in [0.717, 1.165) is 41.2 Å². The molecule has 0 aliphatic heterocycles. The predicted octanol–water partition coefficient (Wildman–Crippen LogP) is 3.73. The molecule has 4 aromatic rings. The van der Waals surface area contributed by atoms with E-state index in [-0.39, 0.29) is 5.91 Å². The van der Waals surface area contributed by atoms with Gasteiger partial charge in [-0.25, -0.2) is 9.36 Å². The van der Waals surface area contributed by atoms with E-state index in [0.29, 0.717) is 17.3 Å². The Morgan fingerprint density at radius 2 is 1.90 bits per heavy atom. The van der Waals surface area contributed by atoms with Crippen LogP contribution in [0.5, 0.6) is 0 Å². The van der Waals surface area contributed by atoms with Crippen molar-refractivity contribution in [3.8, 4) is 17.1 Å². The van der Waals surface area contributed by atoms with Crippen LogP contribution in [0.3, 0.4) is 0 Å². The third-order valence-corrected chi connectivity index (χ3v) is 5.29. The van der Waals surface area contributed by atoms with Gasteiger partial charge in [-0.05, 0) is 79.1 Å². The maximum absolute atomic E-state index is 12.8. The number of anilines is 1. The molecule has 2 aromatic carbocycles. The fourth-order valence-electron chi connectivity index (χ4n) is 3.50. The van der Waals surface area contributed by atoms with Crippen LogP contribution in [-0.2, 0) is 0 Å². The molecule has 30 heavy (non-hydrogen) atoms. The van der Waals surface area contributed by atoms with Crippen molar-refractivity contribution < 1.29 is 4.79 Å². The normalized spacial score (nSPS) is 13.4. The third-order valence-electron chi connectivity index (χ3n) is 5.29. The molecule has 0 atom stereocenters. The SMILES string of the molecule is Cc1cccc(-n2ncc(C(=O)Nc3ccc(-c4nnnn4C4CC4)cc3)c2C)c1. The minimum Gasteiger partial charge on any atom is -0.322 e. The number of benzene rings is 2. The Hall–Kier alpha value is -3.81. The van der Waals surface area contributed by atoms with E-state index in [1.165, 1.54) is 0 Å². The first-order chi connectivity index (χ1) is 14.6. The number of nitrogens with one attached hydrogen (secondary N) is 1. The van der Waals surface area contributed by atoms with Crippen LogP contribution in [-0.4, -0.2) is 35.9 Å². The molecule has 8 heteroatoms. The van der Waals surface area contributed by atoms with E-state index in [1.54, 1.807) is 10.9 Å². The Kier molecular flexibility index (Phi) is 4.39. The van der Waals surface area contributed by atoms with Crippen LogP contribution in [0.2, 0.25) is 0 Å². The monoisotopic (exact) mass is 399 g/mol. The molecule has 0 bridgehead atoms. The highest BCUT2D eigenvalue weighted by molar-refractivity contribution is 6.05. The number of nitrogens with zero attached hydrogens (tertiary/aromatic N) is 6. The Labute approximate surface area is 173 Å². The zero-order valence-electron chi connectivity index (χ0n) is 16.8. The summed E-state index contributed by atoms with van der Waals surface area (Å²) in [5, 5.41) is 19.4. The molecule has 8 nitrogen and oxygen atoms in total. The summed E-state index contributed by atoms with van der Waals surface area (Å²) in [4.78, 5) is 12.8. The first kappa shape index (κ1) is 18.2. The fraction of sp³-hybridized carbons (Fsp3) is 0.227. The van der Waals surface area contributed by atoms with Gasteiger partial charge in [0.25, 0.3) is 5.91 Å². The number of hydrogen-bond donors (Lipinski definition) is 1. The topological polar surface area (TPSA) is 90.5 Å². The molecule has 0 unspecified atom stereocenters. The van der Waals surface area contributed by atoms with E-state index >= 15 is 0 Å². The lowest BCUT2D eigenvalue weighted by Crippen LogP contribution is -2.13. The molecule has 1 N–H and O–H groups in total. The number of tetrazole rings is 1. The maximum atomic E-state index is 12.8. The van der Waals surface area contributed by atoms with Gasteiger partial charge >= 0.3 is 0 Å². The Balaban J connectivity index is 1.34. The summed E-state index contributed by atoms with van der Waals surface area (Å²) in [5.41, 5.74) is 5.03. The highest BCUT2D eigenvalue weighted by Gasteiger charge is 2.28. The summed E-state index contributed by atoms with van der Waals surface area (Å²) >= 11 is 0. The van der Waals surface area contributed by atoms with Crippen molar-refractivity contribution in [2.45, 2.75) is 32.7 Å². The number of rotatable bonds is 5. The molecule has 1 fully saturated rings. The van der Waals surface area contributed by atoms with Crippen LogP contribution in [0.15, 0.2) is 54.7 Å². The molecule has 1 aliphatic rings. The van der Waals surface area contributed by atoms with Gasteiger partial charge in [-0.2, -0.15) is 5.10 Å². The average molecular weight is 399 g/mol. The smallest absolute Gasteiger partial charge is 0.259 e. The maximum Gasteiger partial charge on any atom is 0.259 e. The van der Waals surface area contributed by atoms with Crippen molar-refractivity contribution >= 4 is 11.6 Å². The third kappa shape index (κ3) is 3.36.